The summed E-state index contributed by atoms with van der Waals surface area (Å²) in [5.41, 5.74) is 1.50. The summed E-state index contributed by atoms with van der Waals surface area (Å²) in [6.45, 7) is 4.78. The maximum atomic E-state index is 11.9. The summed E-state index contributed by atoms with van der Waals surface area (Å²) in [4.78, 5) is 23.1. The van der Waals surface area contributed by atoms with Crippen molar-refractivity contribution in [3.05, 3.63) is 35.4 Å². The lowest BCUT2D eigenvalue weighted by Crippen LogP contribution is -2.36. The standard InChI is InChI=1S/C16H21F3N2O2/c1-15(2,3)12-6-4-11(5-7-12)14(23)20-9-8-13(22)21-10-16(17,18)19/h4-7H,8-10H2,1-3H3,(H,20,23)(H,21,22). The Kier molecular flexibility index (Phi) is 6.18. The number of carbonyl (C=O) groups excluding carboxylic acids is 2. The zero-order valence-corrected chi connectivity index (χ0v) is 13.4. The number of alkyl halides is 3. The van der Waals surface area contributed by atoms with Gasteiger partial charge in [-0.25, -0.2) is 0 Å². The van der Waals surface area contributed by atoms with E-state index in [-0.39, 0.29) is 24.3 Å². The summed E-state index contributed by atoms with van der Waals surface area (Å²) < 4.78 is 35.8. The molecule has 0 saturated heterocycles. The van der Waals surface area contributed by atoms with Gasteiger partial charge in [-0.1, -0.05) is 32.9 Å². The molecule has 23 heavy (non-hydrogen) atoms. The predicted molar refractivity (Wildman–Crippen MR) is 81.2 cm³/mol. The van der Waals surface area contributed by atoms with Crippen LogP contribution in [-0.4, -0.2) is 31.1 Å². The molecule has 1 aromatic carbocycles. The Balaban J connectivity index is 2.41. The molecule has 1 rings (SSSR count). The van der Waals surface area contributed by atoms with E-state index >= 15 is 0 Å². The molecule has 0 aliphatic carbocycles. The molecule has 0 atom stereocenters. The quantitative estimate of drug-likeness (QED) is 0.872. The predicted octanol–water partition coefficient (Wildman–Crippen LogP) is 2.78. The molecule has 7 heteroatoms. The van der Waals surface area contributed by atoms with Crippen LogP contribution < -0.4 is 10.6 Å². The summed E-state index contributed by atoms with van der Waals surface area (Å²) in [6, 6.07) is 7.06. The summed E-state index contributed by atoms with van der Waals surface area (Å²) >= 11 is 0. The zero-order chi connectivity index (χ0) is 17.7. The third kappa shape index (κ3) is 7.17. The van der Waals surface area contributed by atoms with E-state index in [1.54, 1.807) is 17.4 Å². The number of benzene rings is 1. The molecule has 0 bridgehead atoms. The van der Waals surface area contributed by atoms with E-state index in [9.17, 15) is 22.8 Å². The lowest BCUT2D eigenvalue weighted by molar-refractivity contribution is -0.138. The molecule has 0 fully saturated rings. The molecule has 0 spiro atoms. The number of amides is 2. The second-order valence-electron chi connectivity index (χ2n) is 6.23. The highest BCUT2D eigenvalue weighted by molar-refractivity contribution is 5.94. The molecule has 4 nitrogen and oxygen atoms in total. The summed E-state index contributed by atoms with van der Waals surface area (Å²) in [5.74, 6) is -1.13. The van der Waals surface area contributed by atoms with Crippen LogP contribution in [-0.2, 0) is 10.2 Å². The van der Waals surface area contributed by atoms with Crippen molar-refractivity contribution in [2.75, 3.05) is 13.1 Å². The van der Waals surface area contributed by atoms with Crippen molar-refractivity contribution in [1.29, 1.82) is 0 Å². The van der Waals surface area contributed by atoms with Crippen molar-refractivity contribution in [2.45, 2.75) is 38.8 Å². The van der Waals surface area contributed by atoms with Gasteiger partial charge in [-0.05, 0) is 23.1 Å². The van der Waals surface area contributed by atoms with Gasteiger partial charge < -0.3 is 10.6 Å². The van der Waals surface area contributed by atoms with Gasteiger partial charge in [0.2, 0.25) is 5.91 Å². The zero-order valence-electron chi connectivity index (χ0n) is 13.4. The fourth-order valence-electron chi connectivity index (χ4n) is 1.80. The topological polar surface area (TPSA) is 58.2 Å². The third-order valence-electron chi connectivity index (χ3n) is 3.14. The number of nitrogens with one attached hydrogen (secondary N) is 2. The van der Waals surface area contributed by atoms with Crippen LogP contribution in [0.25, 0.3) is 0 Å². The van der Waals surface area contributed by atoms with Crippen LogP contribution in [0.15, 0.2) is 24.3 Å². The summed E-state index contributed by atoms with van der Waals surface area (Å²) in [5, 5.41) is 4.25. The molecule has 0 aliphatic heterocycles. The van der Waals surface area contributed by atoms with E-state index in [2.05, 4.69) is 26.1 Å². The molecule has 2 amide bonds. The minimum absolute atomic E-state index is 0.0222. The Labute approximate surface area is 133 Å². The highest BCUT2D eigenvalue weighted by atomic mass is 19.4. The Hall–Kier alpha value is -2.05. The first-order chi connectivity index (χ1) is 10.5. The average molecular weight is 330 g/mol. The Morgan fingerprint density at radius 1 is 1.00 bits per heavy atom. The third-order valence-corrected chi connectivity index (χ3v) is 3.14. The van der Waals surface area contributed by atoms with E-state index < -0.39 is 18.6 Å². The van der Waals surface area contributed by atoms with E-state index in [1.807, 2.05) is 12.1 Å². The van der Waals surface area contributed by atoms with Crippen LogP contribution >= 0.6 is 0 Å². The number of halogens is 3. The molecular weight excluding hydrogens is 309 g/mol. The van der Waals surface area contributed by atoms with Gasteiger partial charge in [-0.3, -0.25) is 9.59 Å². The van der Waals surface area contributed by atoms with Gasteiger partial charge in [0.25, 0.3) is 5.91 Å². The monoisotopic (exact) mass is 330 g/mol. The van der Waals surface area contributed by atoms with Gasteiger partial charge in [-0.15, -0.1) is 0 Å². The van der Waals surface area contributed by atoms with E-state index in [0.717, 1.165) is 5.56 Å². The van der Waals surface area contributed by atoms with Crippen LogP contribution in [0.4, 0.5) is 13.2 Å². The molecule has 2 N–H and O–H groups in total. The normalized spacial score (nSPS) is 11.9. The van der Waals surface area contributed by atoms with Crippen LogP contribution in [0, 0.1) is 0 Å². The van der Waals surface area contributed by atoms with Crippen LogP contribution in [0.3, 0.4) is 0 Å². The fourth-order valence-corrected chi connectivity index (χ4v) is 1.80. The molecule has 0 aromatic heterocycles. The fraction of sp³-hybridized carbons (Fsp3) is 0.500. The van der Waals surface area contributed by atoms with Gasteiger partial charge in [0.05, 0.1) is 0 Å². The molecule has 0 aliphatic rings. The maximum absolute atomic E-state index is 11.9. The minimum atomic E-state index is -4.44. The SMILES string of the molecule is CC(C)(C)c1ccc(C(=O)NCCC(=O)NCC(F)(F)F)cc1. The van der Waals surface area contributed by atoms with Crippen LogP contribution in [0.2, 0.25) is 0 Å². The summed E-state index contributed by atoms with van der Waals surface area (Å²) in [7, 11) is 0. The molecule has 128 valence electrons. The Morgan fingerprint density at radius 3 is 2.04 bits per heavy atom. The second kappa shape index (κ2) is 7.48. The highest BCUT2D eigenvalue weighted by Gasteiger charge is 2.27. The first-order valence-corrected chi connectivity index (χ1v) is 7.21. The molecule has 0 unspecified atom stereocenters. The number of carbonyl (C=O) groups is 2. The first-order valence-electron chi connectivity index (χ1n) is 7.21. The van der Waals surface area contributed by atoms with Gasteiger partial charge in [0.1, 0.15) is 6.54 Å². The Bertz CT molecular complexity index is 546. The van der Waals surface area contributed by atoms with E-state index in [4.69, 9.17) is 0 Å². The maximum Gasteiger partial charge on any atom is 0.405 e. The van der Waals surface area contributed by atoms with Crippen molar-refractivity contribution >= 4 is 11.8 Å². The van der Waals surface area contributed by atoms with Crippen LogP contribution in [0.5, 0.6) is 0 Å². The van der Waals surface area contributed by atoms with E-state index in [0.29, 0.717) is 5.56 Å². The number of hydrogen-bond donors (Lipinski definition) is 2. The number of hydrogen-bond acceptors (Lipinski definition) is 2. The van der Waals surface area contributed by atoms with Crippen molar-refractivity contribution in [3.63, 3.8) is 0 Å². The first kappa shape index (κ1) is 19.0. The second-order valence-corrected chi connectivity index (χ2v) is 6.23. The molecular formula is C16H21F3N2O2. The van der Waals surface area contributed by atoms with Gasteiger partial charge in [-0.2, -0.15) is 13.2 Å². The smallest absolute Gasteiger partial charge is 0.352 e. The lowest BCUT2D eigenvalue weighted by atomic mass is 9.87. The van der Waals surface area contributed by atoms with Crippen molar-refractivity contribution in [3.8, 4) is 0 Å². The van der Waals surface area contributed by atoms with Gasteiger partial charge >= 0.3 is 6.18 Å². The summed E-state index contributed by atoms with van der Waals surface area (Å²) in [6.07, 6.45) is -4.64. The van der Waals surface area contributed by atoms with Gasteiger partial charge in [0.15, 0.2) is 0 Å². The van der Waals surface area contributed by atoms with Crippen molar-refractivity contribution in [2.24, 2.45) is 0 Å². The number of rotatable bonds is 5. The van der Waals surface area contributed by atoms with Crippen molar-refractivity contribution < 1.29 is 22.8 Å². The largest absolute Gasteiger partial charge is 0.405 e. The molecule has 1 aromatic rings. The minimum Gasteiger partial charge on any atom is -0.352 e. The van der Waals surface area contributed by atoms with Crippen LogP contribution in [0.1, 0.15) is 43.1 Å². The highest BCUT2D eigenvalue weighted by Crippen LogP contribution is 2.22. The van der Waals surface area contributed by atoms with E-state index in [1.165, 1.54) is 0 Å². The molecule has 0 heterocycles. The van der Waals surface area contributed by atoms with Gasteiger partial charge in [0, 0.05) is 18.5 Å². The average Bonchev–Trinajstić information content (AvgIpc) is 2.43. The lowest BCUT2D eigenvalue weighted by Gasteiger charge is -2.19. The molecule has 0 saturated carbocycles. The molecule has 0 radical (unpaired) electrons. The van der Waals surface area contributed by atoms with Crippen molar-refractivity contribution in [1.82, 2.24) is 10.6 Å². The Morgan fingerprint density at radius 2 is 1.57 bits per heavy atom.